The Labute approximate surface area is 182 Å². The molecular formula is C24H21FN2O5. The molecule has 8 heteroatoms. The third-order valence-electron chi connectivity index (χ3n) is 6.40. The molecule has 0 fully saturated rings. The summed E-state index contributed by atoms with van der Waals surface area (Å²) < 4.78 is 21.0. The Kier molecular flexibility index (Phi) is 4.54. The molecule has 0 saturated heterocycles. The van der Waals surface area contributed by atoms with Crippen molar-refractivity contribution < 1.29 is 24.1 Å². The molecule has 0 amide bonds. The predicted molar refractivity (Wildman–Crippen MR) is 115 cm³/mol. The molecular weight excluding hydrogens is 415 g/mol. The number of aromatic nitrogens is 2. The molecule has 2 aromatic heterocycles. The van der Waals surface area contributed by atoms with E-state index in [1.807, 2.05) is 0 Å². The van der Waals surface area contributed by atoms with E-state index in [1.165, 1.54) is 10.6 Å². The predicted octanol–water partition coefficient (Wildman–Crippen LogP) is 2.53. The van der Waals surface area contributed by atoms with E-state index in [0.717, 1.165) is 11.1 Å². The van der Waals surface area contributed by atoms with Gasteiger partial charge < -0.3 is 19.5 Å². The van der Waals surface area contributed by atoms with E-state index in [4.69, 9.17) is 4.74 Å². The maximum Gasteiger partial charge on any atom is 0.343 e. The molecule has 3 aromatic rings. The molecule has 0 radical (unpaired) electrons. The lowest BCUT2D eigenvalue weighted by Gasteiger charge is -2.31. The van der Waals surface area contributed by atoms with Gasteiger partial charge in [0.05, 0.1) is 35.6 Å². The molecule has 2 N–H and O–H groups in total. The van der Waals surface area contributed by atoms with Crippen LogP contribution in [0.25, 0.3) is 28.4 Å². The van der Waals surface area contributed by atoms with Crippen molar-refractivity contribution in [2.45, 2.75) is 39.0 Å². The Morgan fingerprint density at radius 1 is 1.28 bits per heavy atom. The number of hydrogen-bond donors (Lipinski definition) is 2. The number of hydrogen-bond acceptors (Lipinski definition) is 6. The number of rotatable bonds is 3. The molecule has 0 saturated carbocycles. The van der Waals surface area contributed by atoms with Gasteiger partial charge in [0.25, 0.3) is 5.56 Å². The molecule has 0 spiro atoms. The fourth-order valence-electron chi connectivity index (χ4n) is 4.60. The fraction of sp³-hybridized carbons (Fsp3) is 0.292. The number of esters is 1. The summed E-state index contributed by atoms with van der Waals surface area (Å²) in [6.07, 6.45) is 3.37. The van der Waals surface area contributed by atoms with Crippen LogP contribution in [-0.2, 0) is 28.3 Å². The molecule has 164 valence electrons. The molecule has 4 heterocycles. The summed E-state index contributed by atoms with van der Waals surface area (Å²) in [5, 5.41) is 21.0. The molecule has 0 aliphatic carbocycles. The van der Waals surface area contributed by atoms with Crippen LogP contribution in [0.2, 0.25) is 0 Å². The van der Waals surface area contributed by atoms with Gasteiger partial charge in [0.1, 0.15) is 12.4 Å². The average Bonchev–Trinajstić information content (AvgIpc) is 3.14. The van der Waals surface area contributed by atoms with Gasteiger partial charge in [-0.25, -0.2) is 14.2 Å². The highest BCUT2D eigenvalue weighted by Crippen LogP contribution is 2.40. The van der Waals surface area contributed by atoms with E-state index in [-0.39, 0.29) is 42.9 Å². The summed E-state index contributed by atoms with van der Waals surface area (Å²) in [6, 6.07) is 4.67. The number of carbonyl (C=O) groups is 1. The Morgan fingerprint density at radius 3 is 2.78 bits per heavy atom. The summed E-state index contributed by atoms with van der Waals surface area (Å²) in [5.74, 6) is -1.18. The van der Waals surface area contributed by atoms with Crippen molar-refractivity contribution in [3.63, 3.8) is 0 Å². The second-order valence-corrected chi connectivity index (χ2v) is 8.16. The van der Waals surface area contributed by atoms with Crippen molar-refractivity contribution in [2.24, 2.45) is 0 Å². The van der Waals surface area contributed by atoms with Crippen LogP contribution in [0.1, 0.15) is 41.2 Å². The number of aryl methyl sites for hydroxylation is 1. The van der Waals surface area contributed by atoms with Crippen molar-refractivity contribution in [3.05, 3.63) is 68.3 Å². The first-order valence-electron chi connectivity index (χ1n) is 10.4. The van der Waals surface area contributed by atoms with Crippen LogP contribution in [-0.4, -0.2) is 32.3 Å². The van der Waals surface area contributed by atoms with Crippen molar-refractivity contribution in [1.29, 1.82) is 0 Å². The monoisotopic (exact) mass is 436 g/mol. The average molecular weight is 436 g/mol. The second-order valence-electron chi connectivity index (χ2n) is 8.16. The molecule has 5 rings (SSSR count). The molecule has 0 bridgehead atoms. The quantitative estimate of drug-likeness (QED) is 0.479. The maximum absolute atomic E-state index is 14.3. The minimum Gasteiger partial charge on any atom is -0.458 e. The fourth-order valence-corrected chi connectivity index (χ4v) is 4.60. The van der Waals surface area contributed by atoms with Gasteiger partial charge >= 0.3 is 5.97 Å². The van der Waals surface area contributed by atoms with Crippen LogP contribution in [0, 0.1) is 12.7 Å². The maximum atomic E-state index is 14.3. The van der Waals surface area contributed by atoms with Gasteiger partial charge in [-0.2, -0.15) is 0 Å². The van der Waals surface area contributed by atoms with E-state index < -0.39 is 17.4 Å². The lowest BCUT2D eigenvalue weighted by molar-refractivity contribution is -0.172. The number of halogens is 1. The first-order chi connectivity index (χ1) is 15.3. The molecule has 32 heavy (non-hydrogen) atoms. The summed E-state index contributed by atoms with van der Waals surface area (Å²) in [4.78, 5) is 30.3. The second kappa shape index (κ2) is 7.08. The smallest absolute Gasteiger partial charge is 0.343 e. The van der Waals surface area contributed by atoms with Crippen LogP contribution in [0.4, 0.5) is 4.39 Å². The van der Waals surface area contributed by atoms with Gasteiger partial charge in [-0.3, -0.25) is 4.79 Å². The molecule has 2 aliphatic rings. The highest BCUT2D eigenvalue weighted by molar-refractivity contribution is 5.94. The molecule has 2 aliphatic heterocycles. The van der Waals surface area contributed by atoms with Crippen LogP contribution < -0.4 is 5.56 Å². The van der Waals surface area contributed by atoms with Crippen molar-refractivity contribution in [3.8, 4) is 11.4 Å². The number of pyridine rings is 2. The third-order valence-corrected chi connectivity index (χ3v) is 6.40. The van der Waals surface area contributed by atoms with Gasteiger partial charge in [0, 0.05) is 22.6 Å². The third kappa shape index (κ3) is 2.69. The Balaban J connectivity index is 1.85. The molecule has 0 unspecified atom stereocenters. The van der Waals surface area contributed by atoms with E-state index in [0.29, 0.717) is 27.9 Å². The number of cyclic esters (lactones) is 1. The van der Waals surface area contributed by atoms with Gasteiger partial charge in [0.15, 0.2) is 5.60 Å². The Bertz CT molecular complexity index is 1410. The van der Waals surface area contributed by atoms with Crippen molar-refractivity contribution in [1.82, 2.24) is 9.55 Å². The summed E-state index contributed by atoms with van der Waals surface area (Å²) in [7, 11) is 0. The topological polar surface area (TPSA) is 102 Å². The number of aliphatic hydroxyl groups excluding tert-OH is 1. The van der Waals surface area contributed by atoms with Crippen LogP contribution >= 0.6 is 0 Å². The van der Waals surface area contributed by atoms with Crippen LogP contribution in [0.3, 0.4) is 0 Å². The zero-order valence-corrected chi connectivity index (χ0v) is 17.6. The highest BCUT2D eigenvalue weighted by Gasteiger charge is 2.45. The van der Waals surface area contributed by atoms with Gasteiger partial charge in [0.2, 0.25) is 0 Å². The zero-order valence-electron chi connectivity index (χ0n) is 17.6. The number of aliphatic hydroxyl groups is 2. The minimum absolute atomic E-state index is 0.0503. The van der Waals surface area contributed by atoms with Gasteiger partial charge in [-0.15, -0.1) is 0 Å². The molecule has 7 nitrogen and oxygen atoms in total. The number of nitrogens with zero attached hydrogens (tertiary/aromatic N) is 2. The minimum atomic E-state index is -1.91. The summed E-state index contributed by atoms with van der Waals surface area (Å²) in [5.41, 5.74) is 1.49. The number of carbonyl (C=O) groups excluding carboxylic acids is 1. The first-order valence-corrected chi connectivity index (χ1v) is 10.4. The number of benzene rings is 1. The summed E-state index contributed by atoms with van der Waals surface area (Å²) >= 11 is 0. The van der Waals surface area contributed by atoms with Crippen molar-refractivity contribution >= 4 is 22.9 Å². The normalized spacial score (nSPS) is 19.2. The lowest BCUT2D eigenvalue weighted by atomic mass is 9.86. The van der Waals surface area contributed by atoms with Crippen LogP contribution in [0.5, 0.6) is 0 Å². The molecule has 1 atom stereocenters. The van der Waals surface area contributed by atoms with E-state index in [1.54, 1.807) is 38.1 Å². The number of ether oxygens (including phenoxy) is 1. The largest absolute Gasteiger partial charge is 0.458 e. The van der Waals surface area contributed by atoms with Crippen molar-refractivity contribution in [2.75, 3.05) is 6.61 Å². The standard InChI is InChI=1S/C24H21FN2O5/c1-3-24(31)17-8-20-21-15(10-27(20)22(29)16(17)11-32-23(24)30)13(5-4-6-28)14-7-12(2)18(25)9-19(14)26-21/h4-5,7-9,28,31H,3,6,10-11H2,1-2H3/b5-4+/t24-/m0/s1. The van der Waals surface area contributed by atoms with E-state index in [2.05, 4.69) is 4.98 Å². The van der Waals surface area contributed by atoms with E-state index >= 15 is 0 Å². The Hall–Kier alpha value is -3.36. The van der Waals surface area contributed by atoms with E-state index in [9.17, 15) is 24.2 Å². The highest BCUT2D eigenvalue weighted by atomic mass is 19.1. The summed E-state index contributed by atoms with van der Waals surface area (Å²) in [6.45, 7) is 3.15. The van der Waals surface area contributed by atoms with Gasteiger partial charge in [-0.1, -0.05) is 19.1 Å². The SMILES string of the molecule is CC[C@@]1(O)C(=O)OCc2c1cc1n(c2=O)Cc2c-1nc1cc(F)c(C)cc1c2/C=C/CO. The van der Waals surface area contributed by atoms with Crippen LogP contribution in [0.15, 0.2) is 29.1 Å². The first kappa shape index (κ1) is 20.5. The Morgan fingerprint density at radius 2 is 2.06 bits per heavy atom. The van der Waals surface area contributed by atoms with Gasteiger partial charge in [-0.05, 0) is 36.6 Å². The molecule has 1 aromatic carbocycles. The zero-order chi connectivity index (χ0) is 22.8. The number of fused-ring (bicyclic) bond motifs is 5. The lowest BCUT2D eigenvalue weighted by Crippen LogP contribution is -2.44.